The first-order valence-electron chi connectivity index (χ1n) is 6.48. The van der Waals surface area contributed by atoms with Gasteiger partial charge >= 0.3 is 0 Å². The second-order valence-corrected chi connectivity index (χ2v) is 5.00. The molecule has 2 heterocycles. The maximum atomic E-state index is 5.17. The van der Waals surface area contributed by atoms with Crippen LogP contribution in [-0.4, -0.2) is 51.3 Å². The average molecular weight is 224 g/mol. The number of nitrogens with one attached hydrogen (secondary N) is 1. The van der Waals surface area contributed by atoms with Crippen molar-refractivity contribution in [2.24, 2.45) is 5.92 Å². The molecular formula is C13H24N2O. The van der Waals surface area contributed by atoms with Gasteiger partial charge in [-0.3, -0.25) is 4.90 Å². The van der Waals surface area contributed by atoms with Gasteiger partial charge in [-0.15, -0.1) is 0 Å². The Kier molecular flexibility index (Phi) is 4.82. The first-order chi connectivity index (χ1) is 7.88. The lowest BCUT2D eigenvalue weighted by Gasteiger charge is -2.31. The summed E-state index contributed by atoms with van der Waals surface area (Å²) in [7, 11) is 1.78. The Morgan fingerprint density at radius 1 is 1.44 bits per heavy atom. The predicted molar refractivity (Wildman–Crippen MR) is 66.6 cm³/mol. The van der Waals surface area contributed by atoms with Gasteiger partial charge in [0.25, 0.3) is 0 Å². The zero-order valence-corrected chi connectivity index (χ0v) is 10.4. The third kappa shape index (κ3) is 3.58. The van der Waals surface area contributed by atoms with Crippen molar-refractivity contribution in [1.82, 2.24) is 10.2 Å². The van der Waals surface area contributed by atoms with Gasteiger partial charge in [-0.05, 0) is 43.8 Å². The first-order valence-corrected chi connectivity index (χ1v) is 6.48. The van der Waals surface area contributed by atoms with Crippen LogP contribution in [0.1, 0.15) is 19.3 Å². The standard InChI is InChI=1S/C13H24N2O/c1-16-11-13-4-8-15(9-5-13)10-12-2-6-14-7-3-12/h4,12,14H,2-3,5-11H2,1H3. The molecule has 0 amide bonds. The van der Waals surface area contributed by atoms with Crippen molar-refractivity contribution in [2.45, 2.75) is 19.3 Å². The van der Waals surface area contributed by atoms with Crippen LogP contribution in [0.15, 0.2) is 11.6 Å². The smallest absolute Gasteiger partial charge is 0.0673 e. The van der Waals surface area contributed by atoms with Gasteiger partial charge in [-0.25, -0.2) is 0 Å². The highest BCUT2D eigenvalue weighted by molar-refractivity contribution is 5.07. The minimum Gasteiger partial charge on any atom is -0.380 e. The number of methoxy groups -OCH3 is 1. The molecule has 0 aromatic rings. The Bertz CT molecular complexity index is 234. The van der Waals surface area contributed by atoms with E-state index in [9.17, 15) is 0 Å². The number of hydrogen-bond acceptors (Lipinski definition) is 3. The largest absolute Gasteiger partial charge is 0.380 e. The van der Waals surface area contributed by atoms with Crippen LogP contribution in [0.2, 0.25) is 0 Å². The fourth-order valence-corrected chi connectivity index (χ4v) is 2.67. The molecule has 1 fully saturated rings. The van der Waals surface area contributed by atoms with Gasteiger partial charge in [0.15, 0.2) is 0 Å². The first kappa shape index (κ1) is 12.1. The lowest BCUT2D eigenvalue weighted by atomic mass is 9.96. The topological polar surface area (TPSA) is 24.5 Å². The number of rotatable bonds is 4. The number of ether oxygens (including phenoxy) is 1. The molecule has 1 N–H and O–H groups in total. The fourth-order valence-electron chi connectivity index (χ4n) is 2.67. The molecule has 16 heavy (non-hydrogen) atoms. The number of nitrogens with zero attached hydrogens (tertiary/aromatic N) is 1. The molecule has 1 saturated heterocycles. The molecule has 92 valence electrons. The zero-order valence-electron chi connectivity index (χ0n) is 10.4. The Hall–Kier alpha value is -0.380. The van der Waals surface area contributed by atoms with E-state index < -0.39 is 0 Å². The van der Waals surface area contributed by atoms with Crippen molar-refractivity contribution < 1.29 is 4.74 Å². The molecule has 0 spiro atoms. The number of hydrogen-bond donors (Lipinski definition) is 1. The Balaban J connectivity index is 1.71. The second kappa shape index (κ2) is 6.38. The summed E-state index contributed by atoms with van der Waals surface area (Å²) < 4.78 is 5.17. The van der Waals surface area contributed by atoms with Gasteiger partial charge in [0.2, 0.25) is 0 Å². The third-order valence-electron chi connectivity index (χ3n) is 3.69. The molecule has 0 radical (unpaired) electrons. The highest BCUT2D eigenvalue weighted by Crippen LogP contribution is 2.17. The lowest BCUT2D eigenvalue weighted by molar-refractivity contribution is 0.195. The highest BCUT2D eigenvalue weighted by Gasteiger charge is 2.18. The average Bonchev–Trinajstić information content (AvgIpc) is 2.33. The normalized spacial score (nSPS) is 24.4. The van der Waals surface area contributed by atoms with E-state index in [1.54, 1.807) is 7.11 Å². The van der Waals surface area contributed by atoms with Crippen molar-refractivity contribution in [1.29, 1.82) is 0 Å². The van der Waals surface area contributed by atoms with E-state index >= 15 is 0 Å². The number of piperidine rings is 1. The predicted octanol–water partition coefficient (Wildman–Crippen LogP) is 1.26. The van der Waals surface area contributed by atoms with Crippen LogP contribution in [0.5, 0.6) is 0 Å². The van der Waals surface area contributed by atoms with Crippen molar-refractivity contribution in [3.63, 3.8) is 0 Å². The van der Waals surface area contributed by atoms with Crippen molar-refractivity contribution in [3.05, 3.63) is 11.6 Å². The summed E-state index contributed by atoms with van der Waals surface area (Å²) in [6.07, 6.45) is 6.25. The summed E-state index contributed by atoms with van der Waals surface area (Å²) in [5, 5.41) is 3.43. The molecule has 0 saturated carbocycles. The molecule has 2 rings (SSSR count). The summed E-state index contributed by atoms with van der Waals surface area (Å²) >= 11 is 0. The summed E-state index contributed by atoms with van der Waals surface area (Å²) in [5.74, 6) is 0.915. The van der Waals surface area contributed by atoms with Crippen molar-refractivity contribution >= 4 is 0 Å². The minimum atomic E-state index is 0.821. The maximum absolute atomic E-state index is 5.17. The highest BCUT2D eigenvalue weighted by atomic mass is 16.5. The van der Waals surface area contributed by atoms with Gasteiger partial charge in [-0.2, -0.15) is 0 Å². The molecule has 0 bridgehead atoms. The van der Waals surface area contributed by atoms with Gasteiger partial charge in [0, 0.05) is 26.7 Å². The molecule has 3 nitrogen and oxygen atoms in total. The summed E-state index contributed by atoms with van der Waals surface area (Å²) in [4.78, 5) is 2.59. The SMILES string of the molecule is COCC1=CCN(CC2CCNCC2)CC1. The molecule has 0 aromatic heterocycles. The molecule has 3 heteroatoms. The molecule has 2 aliphatic rings. The zero-order chi connectivity index (χ0) is 11.2. The second-order valence-electron chi connectivity index (χ2n) is 5.00. The Morgan fingerprint density at radius 2 is 2.25 bits per heavy atom. The van der Waals surface area contributed by atoms with Crippen LogP contribution in [0.25, 0.3) is 0 Å². The van der Waals surface area contributed by atoms with Gasteiger partial charge in [0.05, 0.1) is 6.61 Å². The van der Waals surface area contributed by atoms with E-state index in [1.165, 1.54) is 51.0 Å². The molecule has 0 aliphatic carbocycles. The minimum absolute atomic E-state index is 0.821. The monoisotopic (exact) mass is 224 g/mol. The molecule has 0 aromatic carbocycles. The van der Waals surface area contributed by atoms with Gasteiger partial charge in [-0.1, -0.05) is 6.08 Å². The molecule has 0 atom stereocenters. The maximum Gasteiger partial charge on any atom is 0.0673 e. The van der Waals surface area contributed by atoms with E-state index in [0.717, 1.165) is 19.1 Å². The Labute approximate surface area is 98.8 Å². The van der Waals surface area contributed by atoms with Crippen molar-refractivity contribution in [3.8, 4) is 0 Å². The Morgan fingerprint density at radius 3 is 2.88 bits per heavy atom. The fraction of sp³-hybridized carbons (Fsp3) is 0.846. The van der Waals surface area contributed by atoms with Crippen molar-refractivity contribution in [2.75, 3.05) is 46.4 Å². The quantitative estimate of drug-likeness (QED) is 0.728. The van der Waals surface area contributed by atoms with Crippen LogP contribution in [0, 0.1) is 5.92 Å². The molecular weight excluding hydrogens is 200 g/mol. The van der Waals surface area contributed by atoms with Crippen LogP contribution in [-0.2, 0) is 4.74 Å². The van der Waals surface area contributed by atoms with Crippen LogP contribution < -0.4 is 5.32 Å². The van der Waals surface area contributed by atoms with E-state index in [4.69, 9.17) is 4.74 Å². The third-order valence-corrected chi connectivity index (χ3v) is 3.69. The van der Waals surface area contributed by atoms with Gasteiger partial charge < -0.3 is 10.1 Å². The van der Waals surface area contributed by atoms with Crippen LogP contribution >= 0.6 is 0 Å². The molecule has 2 aliphatic heterocycles. The summed E-state index contributed by atoms with van der Waals surface area (Å²) in [6.45, 7) is 6.88. The van der Waals surface area contributed by atoms with E-state index in [-0.39, 0.29) is 0 Å². The van der Waals surface area contributed by atoms with E-state index in [1.807, 2.05) is 0 Å². The van der Waals surface area contributed by atoms with Crippen LogP contribution in [0.3, 0.4) is 0 Å². The summed E-state index contributed by atoms with van der Waals surface area (Å²) in [5.41, 5.74) is 1.48. The molecule has 0 unspecified atom stereocenters. The lowest BCUT2D eigenvalue weighted by Crippen LogP contribution is -2.38. The summed E-state index contributed by atoms with van der Waals surface area (Å²) in [6, 6.07) is 0. The van der Waals surface area contributed by atoms with E-state index in [0.29, 0.717) is 0 Å². The van der Waals surface area contributed by atoms with Gasteiger partial charge in [0.1, 0.15) is 0 Å². The van der Waals surface area contributed by atoms with Crippen LogP contribution in [0.4, 0.5) is 0 Å². The van der Waals surface area contributed by atoms with E-state index in [2.05, 4.69) is 16.3 Å².